The molecule has 2 aliphatic heterocycles. The molecule has 11 heteroatoms. The summed E-state index contributed by atoms with van der Waals surface area (Å²) < 4.78 is 31.7. The Bertz CT molecular complexity index is 1120. The Hall–Kier alpha value is -3.47. The highest BCUT2D eigenvalue weighted by molar-refractivity contribution is 5.79. The number of pyridine rings is 1. The van der Waals surface area contributed by atoms with Gasteiger partial charge in [0.1, 0.15) is 0 Å². The quantitative estimate of drug-likeness (QED) is 0.457. The van der Waals surface area contributed by atoms with Crippen LogP contribution in [0.25, 0.3) is 0 Å². The first-order valence-corrected chi connectivity index (χ1v) is 14.5. The van der Waals surface area contributed by atoms with Gasteiger partial charge < -0.3 is 19.8 Å². The van der Waals surface area contributed by atoms with Crippen molar-refractivity contribution in [3.05, 3.63) is 66.0 Å². The number of carbonyl (C=O) groups excluding carboxylic acids is 2. The summed E-state index contributed by atoms with van der Waals surface area (Å²) >= 11 is 0. The Morgan fingerprint density at radius 2 is 1.57 bits per heavy atom. The number of alkyl halides is 3. The van der Waals surface area contributed by atoms with E-state index in [1.165, 1.54) is 24.8 Å². The van der Waals surface area contributed by atoms with Crippen LogP contribution in [0, 0.1) is 11.8 Å². The standard InChI is InChI=1S/C29H40N4O2.C2HF3O2/c1-24(34)32-19-12-28(13-20-32)29(35)33(23-27-9-5-14-30-22-27)16-6-15-31-17-10-26(11-18-31)21-25-7-3-2-4-8-25;3-2(4,5)1(6)7/h2-5,7-9,14,22,26,28H,6,10-13,15-21,23H2,1H3;(H,6,7). The van der Waals surface area contributed by atoms with Crippen molar-refractivity contribution in [3.8, 4) is 0 Å². The van der Waals surface area contributed by atoms with E-state index in [2.05, 4.69) is 40.2 Å². The third kappa shape index (κ3) is 11.1. The molecule has 1 aromatic heterocycles. The first-order valence-electron chi connectivity index (χ1n) is 14.5. The molecule has 3 heterocycles. The number of aromatic nitrogens is 1. The van der Waals surface area contributed by atoms with E-state index in [-0.39, 0.29) is 17.7 Å². The van der Waals surface area contributed by atoms with Crippen molar-refractivity contribution < 1.29 is 32.7 Å². The van der Waals surface area contributed by atoms with Crippen molar-refractivity contribution in [1.29, 1.82) is 0 Å². The van der Waals surface area contributed by atoms with Crippen LogP contribution in [-0.4, -0.2) is 88.0 Å². The molecule has 0 unspecified atom stereocenters. The highest BCUT2D eigenvalue weighted by atomic mass is 19.4. The van der Waals surface area contributed by atoms with Gasteiger partial charge in [-0.1, -0.05) is 36.4 Å². The number of benzene rings is 1. The number of hydrogen-bond donors (Lipinski definition) is 1. The number of carboxylic acids is 1. The smallest absolute Gasteiger partial charge is 0.475 e. The molecule has 2 amide bonds. The molecular weight excluding hydrogens is 549 g/mol. The number of likely N-dealkylation sites (tertiary alicyclic amines) is 2. The van der Waals surface area contributed by atoms with E-state index < -0.39 is 12.1 Å². The minimum atomic E-state index is -5.08. The van der Waals surface area contributed by atoms with E-state index >= 15 is 0 Å². The van der Waals surface area contributed by atoms with Crippen LogP contribution in [0.4, 0.5) is 13.2 Å². The zero-order valence-corrected chi connectivity index (χ0v) is 24.1. The molecule has 2 fully saturated rings. The fraction of sp³-hybridized carbons (Fsp3) is 0.548. The second kappa shape index (κ2) is 16.2. The molecule has 42 heavy (non-hydrogen) atoms. The van der Waals surface area contributed by atoms with Crippen LogP contribution in [-0.2, 0) is 27.3 Å². The molecular formula is C31H41F3N4O4. The molecule has 0 radical (unpaired) electrons. The summed E-state index contributed by atoms with van der Waals surface area (Å²) in [6, 6.07) is 14.8. The van der Waals surface area contributed by atoms with E-state index in [0.717, 1.165) is 56.9 Å². The average molecular weight is 591 g/mol. The highest BCUT2D eigenvalue weighted by Crippen LogP contribution is 2.23. The average Bonchev–Trinajstić information content (AvgIpc) is 2.98. The second-order valence-electron chi connectivity index (χ2n) is 11.0. The normalized spacial score (nSPS) is 16.8. The van der Waals surface area contributed by atoms with Crippen molar-refractivity contribution in [2.24, 2.45) is 11.8 Å². The number of piperidine rings is 2. The van der Waals surface area contributed by atoms with Crippen molar-refractivity contribution in [2.75, 3.05) is 39.3 Å². The number of halogens is 3. The monoisotopic (exact) mass is 590 g/mol. The summed E-state index contributed by atoms with van der Waals surface area (Å²) in [6.07, 6.45) is 4.74. The first kappa shape index (κ1) is 33.0. The molecule has 0 aliphatic carbocycles. The van der Waals surface area contributed by atoms with Crippen molar-refractivity contribution in [2.45, 2.75) is 58.2 Å². The van der Waals surface area contributed by atoms with Crippen LogP contribution in [0.5, 0.6) is 0 Å². The number of hydrogen-bond acceptors (Lipinski definition) is 5. The van der Waals surface area contributed by atoms with E-state index in [9.17, 15) is 22.8 Å². The van der Waals surface area contributed by atoms with Gasteiger partial charge in [-0.15, -0.1) is 0 Å². The topological polar surface area (TPSA) is 94.1 Å². The number of rotatable bonds is 9. The summed E-state index contributed by atoms with van der Waals surface area (Å²) in [5.41, 5.74) is 2.52. The minimum absolute atomic E-state index is 0.0102. The molecule has 2 saturated heterocycles. The Balaban J connectivity index is 0.000000616. The van der Waals surface area contributed by atoms with Crippen LogP contribution in [0.15, 0.2) is 54.9 Å². The summed E-state index contributed by atoms with van der Waals surface area (Å²) in [5.74, 6) is -1.63. The lowest BCUT2D eigenvalue weighted by molar-refractivity contribution is -0.192. The molecule has 0 spiro atoms. The van der Waals surface area contributed by atoms with Crippen LogP contribution < -0.4 is 0 Å². The molecule has 8 nitrogen and oxygen atoms in total. The molecule has 2 aromatic rings. The summed E-state index contributed by atoms with van der Waals surface area (Å²) in [5, 5.41) is 7.12. The Morgan fingerprint density at radius 1 is 0.952 bits per heavy atom. The number of aliphatic carboxylic acids is 1. The molecule has 1 N–H and O–H groups in total. The van der Waals surface area contributed by atoms with Crippen molar-refractivity contribution in [3.63, 3.8) is 0 Å². The maximum Gasteiger partial charge on any atom is 0.490 e. The maximum absolute atomic E-state index is 13.5. The molecule has 1 aromatic carbocycles. The molecule has 0 saturated carbocycles. The third-order valence-corrected chi connectivity index (χ3v) is 7.92. The highest BCUT2D eigenvalue weighted by Gasteiger charge is 2.38. The van der Waals surface area contributed by atoms with Gasteiger partial charge in [0.2, 0.25) is 11.8 Å². The summed E-state index contributed by atoms with van der Waals surface area (Å²) in [6.45, 7) is 7.70. The second-order valence-corrected chi connectivity index (χ2v) is 11.0. The molecule has 0 bridgehead atoms. The predicted molar refractivity (Wildman–Crippen MR) is 152 cm³/mol. The van der Waals surface area contributed by atoms with Gasteiger partial charge in [0.15, 0.2) is 0 Å². The van der Waals surface area contributed by atoms with Gasteiger partial charge in [-0.3, -0.25) is 14.6 Å². The van der Waals surface area contributed by atoms with Gasteiger partial charge in [-0.05, 0) is 81.3 Å². The SMILES string of the molecule is CC(=O)N1CCC(C(=O)N(CCCN2CCC(Cc3ccccc3)CC2)Cc2cccnc2)CC1.O=C(O)C(F)(F)F. The lowest BCUT2D eigenvalue weighted by Gasteiger charge is -2.35. The maximum atomic E-state index is 13.5. The van der Waals surface area contributed by atoms with Gasteiger partial charge in [0, 0.05) is 51.4 Å². The van der Waals surface area contributed by atoms with Crippen molar-refractivity contribution in [1.82, 2.24) is 19.7 Å². The van der Waals surface area contributed by atoms with Gasteiger partial charge in [0.05, 0.1) is 0 Å². The van der Waals surface area contributed by atoms with Gasteiger partial charge in [-0.2, -0.15) is 13.2 Å². The van der Waals surface area contributed by atoms with Gasteiger partial charge >= 0.3 is 12.1 Å². The van der Waals surface area contributed by atoms with E-state index in [1.807, 2.05) is 28.1 Å². The van der Waals surface area contributed by atoms with Crippen LogP contribution >= 0.6 is 0 Å². The summed E-state index contributed by atoms with van der Waals surface area (Å²) in [4.78, 5) is 44.7. The lowest BCUT2D eigenvalue weighted by Crippen LogP contribution is -2.44. The Morgan fingerprint density at radius 3 is 2.12 bits per heavy atom. The minimum Gasteiger partial charge on any atom is -0.475 e. The largest absolute Gasteiger partial charge is 0.490 e. The molecule has 230 valence electrons. The van der Waals surface area contributed by atoms with E-state index in [0.29, 0.717) is 19.6 Å². The first-order chi connectivity index (χ1) is 20.0. The van der Waals surface area contributed by atoms with Crippen LogP contribution in [0.1, 0.15) is 50.2 Å². The molecule has 4 rings (SSSR count). The zero-order chi connectivity index (χ0) is 30.5. The fourth-order valence-electron chi connectivity index (χ4n) is 5.53. The van der Waals surface area contributed by atoms with Crippen molar-refractivity contribution >= 4 is 17.8 Å². The Labute approximate surface area is 245 Å². The molecule has 2 aliphatic rings. The van der Waals surface area contributed by atoms with Gasteiger partial charge in [0.25, 0.3) is 0 Å². The number of amides is 2. The Kier molecular flexibility index (Phi) is 12.8. The lowest BCUT2D eigenvalue weighted by atomic mass is 9.90. The molecule has 0 atom stereocenters. The fourth-order valence-corrected chi connectivity index (χ4v) is 5.53. The summed E-state index contributed by atoms with van der Waals surface area (Å²) in [7, 11) is 0. The van der Waals surface area contributed by atoms with Gasteiger partial charge in [-0.25, -0.2) is 4.79 Å². The van der Waals surface area contributed by atoms with Crippen LogP contribution in [0.2, 0.25) is 0 Å². The number of carboxylic acid groups (broad SMARTS) is 1. The van der Waals surface area contributed by atoms with E-state index in [4.69, 9.17) is 9.90 Å². The number of nitrogens with zero attached hydrogens (tertiary/aromatic N) is 4. The van der Waals surface area contributed by atoms with E-state index in [1.54, 1.807) is 13.1 Å². The zero-order valence-electron chi connectivity index (χ0n) is 24.1. The predicted octanol–water partition coefficient (Wildman–Crippen LogP) is 4.65. The van der Waals surface area contributed by atoms with Crippen LogP contribution in [0.3, 0.4) is 0 Å². The third-order valence-electron chi connectivity index (χ3n) is 7.92. The number of carbonyl (C=O) groups is 3.